The van der Waals surface area contributed by atoms with Crippen LogP contribution in [0.4, 0.5) is 0 Å². The van der Waals surface area contributed by atoms with Crippen molar-refractivity contribution in [2.75, 3.05) is 19.6 Å². The van der Waals surface area contributed by atoms with Crippen molar-refractivity contribution in [3.05, 3.63) is 47.5 Å². The highest BCUT2D eigenvalue weighted by molar-refractivity contribution is 5.85. The summed E-state index contributed by atoms with van der Waals surface area (Å²) in [6.07, 6.45) is 2.72. The van der Waals surface area contributed by atoms with Gasteiger partial charge in [-0.15, -0.1) is 22.6 Å². The van der Waals surface area contributed by atoms with Gasteiger partial charge in [-0.2, -0.15) is 0 Å². The van der Waals surface area contributed by atoms with Crippen molar-refractivity contribution >= 4 is 18.3 Å². The Morgan fingerprint density at radius 3 is 2.57 bits per heavy atom. The van der Waals surface area contributed by atoms with E-state index in [-0.39, 0.29) is 23.7 Å². The molecule has 1 saturated heterocycles. The summed E-state index contributed by atoms with van der Waals surface area (Å²) in [5.74, 6) is 2.82. The number of carbonyl (C=O) groups excluding carboxylic acids is 1. The average molecular weight is 404 g/mol. The van der Waals surface area contributed by atoms with Crippen LogP contribution in [0.1, 0.15) is 49.8 Å². The molecule has 1 aromatic heterocycles. The molecule has 0 bridgehead atoms. The number of hydrogen-bond acceptors (Lipinski definition) is 4. The van der Waals surface area contributed by atoms with Crippen LogP contribution in [-0.2, 0) is 24.3 Å². The molecule has 1 N–H and O–H groups in total. The first-order valence-corrected chi connectivity index (χ1v) is 10.0. The summed E-state index contributed by atoms with van der Waals surface area (Å²) in [5.41, 5.74) is 0.836. The van der Waals surface area contributed by atoms with Gasteiger partial charge in [0.2, 0.25) is 5.91 Å². The van der Waals surface area contributed by atoms with Crippen LogP contribution in [0.15, 0.2) is 30.3 Å². The fraction of sp³-hybridized carbons (Fsp3) is 0.571. The summed E-state index contributed by atoms with van der Waals surface area (Å²) in [5, 5.41) is 12.1. The summed E-state index contributed by atoms with van der Waals surface area (Å²) in [6, 6.07) is 10.3. The Morgan fingerprint density at radius 1 is 1.14 bits per heavy atom. The van der Waals surface area contributed by atoms with Gasteiger partial charge in [-0.05, 0) is 24.8 Å². The first-order chi connectivity index (χ1) is 13.0. The van der Waals surface area contributed by atoms with Gasteiger partial charge >= 0.3 is 0 Å². The third kappa shape index (κ3) is 4.23. The van der Waals surface area contributed by atoms with E-state index in [1.165, 1.54) is 5.56 Å². The molecule has 3 heterocycles. The second-order valence-electron chi connectivity index (χ2n) is 8.42. The fourth-order valence-corrected chi connectivity index (χ4v) is 4.37. The maximum absolute atomic E-state index is 13.1. The number of rotatable bonds is 4. The van der Waals surface area contributed by atoms with Crippen molar-refractivity contribution < 1.29 is 4.79 Å². The minimum atomic E-state index is -0.381. The number of amides is 1. The predicted octanol–water partition coefficient (Wildman–Crippen LogP) is 2.78. The Hall–Kier alpha value is -1.92. The van der Waals surface area contributed by atoms with Crippen molar-refractivity contribution in [2.24, 2.45) is 5.41 Å². The Bertz CT molecular complexity index is 796. The Labute approximate surface area is 173 Å². The molecule has 28 heavy (non-hydrogen) atoms. The molecule has 0 atom stereocenters. The number of fused-ring (bicyclic) bond motifs is 1. The van der Waals surface area contributed by atoms with E-state index in [0.29, 0.717) is 5.92 Å². The first-order valence-electron chi connectivity index (χ1n) is 10.0. The highest BCUT2D eigenvalue weighted by atomic mass is 35.5. The lowest BCUT2D eigenvalue weighted by Gasteiger charge is -2.37. The van der Waals surface area contributed by atoms with Gasteiger partial charge < -0.3 is 14.8 Å². The van der Waals surface area contributed by atoms with E-state index >= 15 is 0 Å². The molecule has 1 amide bonds. The quantitative estimate of drug-likeness (QED) is 0.852. The molecule has 1 aromatic carbocycles. The average Bonchev–Trinajstić information content (AvgIpc) is 3.12. The number of likely N-dealkylation sites (tertiary alicyclic amines) is 1. The van der Waals surface area contributed by atoms with Gasteiger partial charge in [0.25, 0.3) is 0 Å². The molecule has 2 aromatic rings. The van der Waals surface area contributed by atoms with E-state index in [0.717, 1.165) is 63.6 Å². The molecular formula is C21H30ClN5O. The molecule has 6 nitrogen and oxygen atoms in total. The number of hydrogen-bond donors (Lipinski definition) is 1. The van der Waals surface area contributed by atoms with Crippen LogP contribution >= 0.6 is 12.4 Å². The van der Waals surface area contributed by atoms with Gasteiger partial charge in [0.1, 0.15) is 11.6 Å². The third-order valence-electron chi connectivity index (χ3n) is 5.87. The number of carbonyl (C=O) groups is 1. The lowest BCUT2D eigenvalue weighted by Crippen LogP contribution is -2.46. The van der Waals surface area contributed by atoms with Crippen LogP contribution in [-0.4, -0.2) is 45.2 Å². The van der Waals surface area contributed by atoms with Crippen molar-refractivity contribution in [3.63, 3.8) is 0 Å². The highest BCUT2D eigenvalue weighted by Crippen LogP contribution is 2.31. The monoisotopic (exact) mass is 403 g/mol. The number of nitrogens with one attached hydrogen (secondary N) is 1. The van der Waals surface area contributed by atoms with Crippen LogP contribution in [0.2, 0.25) is 0 Å². The standard InChI is InChI=1S/C21H29N5O.ClH/c1-21(2,14-16-6-4-3-5-7-16)20(27)25-11-8-17(9-12-25)19-24-23-18-15-22-10-13-26(18)19;/h3-7,17,22H,8-15H2,1-2H3;1H. The van der Waals surface area contributed by atoms with Gasteiger partial charge in [-0.3, -0.25) is 4.79 Å². The second-order valence-corrected chi connectivity index (χ2v) is 8.42. The molecule has 1 fully saturated rings. The lowest BCUT2D eigenvalue weighted by molar-refractivity contribution is -0.141. The Kier molecular flexibility index (Phi) is 6.40. The highest BCUT2D eigenvalue weighted by Gasteiger charge is 2.35. The Morgan fingerprint density at radius 2 is 1.86 bits per heavy atom. The summed E-state index contributed by atoms with van der Waals surface area (Å²) in [6.45, 7) is 8.47. The number of aromatic nitrogens is 3. The van der Waals surface area contributed by atoms with Gasteiger partial charge in [0.15, 0.2) is 0 Å². The zero-order valence-electron chi connectivity index (χ0n) is 16.7. The number of piperidine rings is 1. The SMILES string of the molecule is CC(C)(Cc1ccccc1)C(=O)N1CCC(c2nnc3n2CCNC3)CC1.Cl. The van der Waals surface area contributed by atoms with Crippen molar-refractivity contribution in [1.29, 1.82) is 0 Å². The third-order valence-corrected chi connectivity index (χ3v) is 5.87. The molecule has 0 unspecified atom stereocenters. The number of nitrogens with zero attached hydrogens (tertiary/aromatic N) is 4. The molecule has 0 spiro atoms. The molecule has 2 aliphatic rings. The Balaban J connectivity index is 0.00000225. The van der Waals surface area contributed by atoms with E-state index in [2.05, 4.69) is 51.0 Å². The lowest BCUT2D eigenvalue weighted by atomic mass is 9.83. The zero-order valence-corrected chi connectivity index (χ0v) is 17.5. The number of benzene rings is 1. The van der Waals surface area contributed by atoms with E-state index in [1.807, 2.05) is 18.2 Å². The van der Waals surface area contributed by atoms with Crippen LogP contribution < -0.4 is 5.32 Å². The summed E-state index contributed by atoms with van der Waals surface area (Å²) in [4.78, 5) is 15.2. The van der Waals surface area contributed by atoms with Gasteiger partial charge in [-0.1, -0.05) is 44.2 Å². The van der Waals surface area contributed by atoms with E-state index in [4.69, 9.17) is 0 Å². The summed E-state index contributed by atoms with van der Waals surface area (Å²) >= 11 is 0. The molecule has 4 rings (SSSR count). The summed E-state index contributed by atoms with van der Waals surface area (Å²) < 4.78 is 2.28. The van der Waals surface area contributed by atoms with Crippen LogP contribution in [0, 0.1) is 5.41 Å². The maximum atomic E-state index is 13.1. The second kappa shape index (κ2) is 8.62. The molecule has 0 aliphatic carbocycles. The maximum Gasteiger partial charge on any atom is 0.228 e. The topological polar surface area (TPSA) is 63.1 Å². The normalized spacial score (nSPS) is 17.7. The first kappa shape index (κ1) is 20.8. The zero-order chi connectivity index (χ0) is 18.9. The predicted molar refractivity (Wildman–Crippen MR) is 111 cm³/mol. The van der Waals surface area contributed by atoms with Crippen molar-refractivity contribution in [2.45, 2.75) is 52.1 Å². The van der Waals surface area contributed by atoms with Crippen molar-refractivity contribution in [3.8, 4) is 0 Å². The van der Waals surface area contributed by atoms with Gasteiger partial charge in [-0.25, -0.2) is 0 Å². The minimum Gasteiger partial charge on any atom is -0.342 e. The molecule has 0 radical (unpaired) electrons. The van der Waals surface area contributed by atoms with Crippen LogP contribution in [0.5, 0.6) is 0 Å². The summed E-state index contributed by atoms with van der Waals surface area (Å²) in [7, 11) is 0. The largest absolute Gasteiger partial charge is 0.342 e. The van der Waals surface area contributed by atoms with E-state index in [1.54, 1.807) is 0 Å². The molecule has 0 saturated carbocycles. The van der Waals surface area contributed by atoms with E-state index < -0.39 is 0 Å². The van der Waals surface area contributed by atoms with Gasteiger partial charge in [0.05, 0.1) is 6.54 Å². The molecule has 7 heteroatoms. The van der Waals surface area contributed by atoms with Crippen molar-refractivity contribution in [1.82, 2.24) is 25.0 Å². The van der Waals surface area contributed by atoms with E-state index in [9.17, 15) is 4.79 Å². The molecular weight excluding hydrogens is 374 g/mol. The minimum absolute atomic E-state index is 0. The smallest absolute Gasteiger partial charge is 0.228 e. The molecule has 2 aliphatic heterocycles. The fourth-order valence-electron chi connectivity index (χ4n) is 4.37. The van der Waals surface area contributed by atoms with Gasteiger partial charge in [0, 0.05) is 37.5 Å². The van der Waals surface area contributed by atoms with Crippen LogP contribution in [0.25, 0.3) is 0 Å². The molecule has 152 valence electrons. The van der Waals surface area contributed by atoms with Crippen LogP contribution in [0.3, 0.4) is 0 Å². The number of halogens is 1.